The third-order valence-corrected chi connectivity index (χ3v) is 4.08. The van der Waals surface area contributed by atoms with E-state index in [-0.39, 0.29) is 24.6 Å². The molecule has 5 nitrogen and oxygen atoms in total. The van der Waals surface area contributed by atoms with E-state index in [1.807, 2.05) is 0 Å². The molecule has 2 aliphatic heterocycles. The maximum absolute atomic E-state index is 13.0. The molecule has 0 saturated carbocycles. The van der Waals surface area contributed by atoms with Gasteiger partial charge in [-0.15, -0.1) is 0 Å². The van der Waals surface area contributed by atoms with Gasteiger partial charge in [-0.05, 0) is 25.0 Å². The number of amides is 1. The minimum atomic E-state index is -0.373. The van der Waals surface area contributed by atoms with E-state index in [4.69, 9.17) is 14.2 Å². The lowest BCUT2D eigenvalue weighted by Gasteiger charge is -2.33. The summed E-state index contributed by atoms with van der Waals surface area (Å²) in [5.41, 5.74) is 0. The number of likely N-dealkylation sites (tertiary alicyclic amines) is 1. The Kier molecular flexibility index (Phi) is 4.90. The molecule has 22 heavy (non-hydrogen) atoms. The van der Waals surface area contributed by atoms with E-state index in [0.717, 1.165) is 12.8 Å². The van der Waals surface area contributed by atoms with Crippen molar-refractivity contribution < 1.29 is 23.4 Å². The molecule has 1 amide bonds. The molecule has 0 atom stereocenters. The zero-order chi connectivity index (χ0) is 15.4. The first-order valence-electron chi connectivity index (χ1n) is 7.62. The normalized spacial score (nSPS) is 20.3. The van der Waals surface area contributed by atoms with E-state index < -0.39 is 0 Å². The number of benzene rings is 1. The van der Waals surface area contributed by atoms with Crippen LogP contribution in [-0.2, 0) is 14.3 Å². The van der Waals surface area contributed by atoms with Gasteiger partial charge in [0.05, 0.1) is 13.2 Å². The van der Waals surface area contributed by atoms with Gasteiger partial charge in [0.1, 0.15) is 11.6 Å². The van der Waals surface area contributed by atoms with Crippen molar-refractivity contribution in [3.05, 3.63) is 30.1 Å². The van der Waals surface area contributed by atoms with Crippen LogP contribution in [0.15, 0.2) is 24.3 Å². The van der Waals surface area contributed by atoms with Crippen LogP contribution in [0.4, 0.5) is 4.39 Å². The molecule has 2 saturated heterocycles. The third kappa shape index (κ3) is 3.75. The molecule has 0 unspecified atom stereocenters. The Balaban J connectivity index is 1.43. The van der Waals surface area contributed by atoms with Crippen LogP contribution in [0.25, 0.3) is 0 Å². The second-order valence-electron chi connectivity index (χ2n) is 5.57. The van der Waals surface area contributed by atoms with Crippen molar-refractivity contribution in [3.63, 3.8) is 0 Å². The zero-order valence-corrected chi connectivity index (χ0v) is 12.4. The predicted octanol–water partition coefficient (Wildman–Crippen LogP) is 1.82. The summed E-state index contributed by atoms with van der Waals surface area (Å²) >= 11 is 0. The van der Waals surface area contributed by atoms with E-state index in [1.54, 1.807) is 17.0 Å². The standard InChI is InChI=1S/C16H20FNO4/c17-13-2-1-3-14(10-13)22-11-15(19)18-6-4-12(5-7-18)16-20-8-9-21-16/h1-3,10,12,16H,4-9,11H2. The lowest BCUT2D eigenvalue weighted by atomic mass is 9.96. The summed E-state index contributed by atoms with van der Waals surface area (Å²) in [6.07, 6.45) is 1.63. The Morgan fingerprint density at radius 2 is 2.00 bits per heavy atom. The zero-order valence-electron chi connectivity index (χ0n) is 12.4. The fourth-order valence-corrected chi connectivity index (χ4v) is 2.86. The van der Waals surface area contributed by atoms with Crippen LogP contribution in [0.3, 0.4) is 0 Å². The monoisotopic (exact) mass is 309 g/mol. The largest absolute Gasteiger partial charge is 0.484 e. The summed E-state index contributed by atoms with van der Waals surface area (Å²) in [7, 11) is 0. The van der Waals surface area contributed by atoms with Crippen molar-refractivity contribution in [2.75, 3.05) is 32.9 Å². The van der Waals surface area contributed by atoms with Gasteiger partial charge in [0.25, 0.3) is 5.91 Å². The molecule has 0 aromatic heterocycles. The highest BCUT2D eigenvalue weighted by Crippen LogP contribution is 2.25. The van der Waals surface area contributed by atoms with E-state index in [2.05, 4.69) is 0 Å². The molecular formula is C16H20FNO4. The Morgan fingerprint density at radius 1 is 1.27 bits per heavy atom. The van der Waals surface area contributed by atoms with E-state index >= 15 is 0 Å². The van der Waals surface area contributed by atoms with Gasteiger partial charge < -0.3 is 19.1 Å². The van der Waals surface area contributed by atoms with E-state index in [1.165, 1.54) is 12.1 Å². The van der Waals surface area contributed by atoms with Gasteiger partial charge in [0.15, 0.2) is 12.9 Å². The Bertz CT molecular complexity index is 511. The van der Waals surface area contributed by atoms with Crippen LogP contribution in [0, 0.1) is 11.7 Å². The first-order chi connectivity index (χ1) is 10.7. The maximum Gasteiger partial charge on any atom is 0.260 e. The van der Waals surface area contributed by atoms with Crippen LogP contribution in [-0.4, -0.2) is 50.0 Å². The molecular weight excluding hydrogens is 289 g/mol. The molecule has 0 N–H and O–H groups in total. The summed E-state index contributed by atoms with van der Waals surface area (Å²) in [4.78, 5) is 13.9. The summed E-state index contributed by atoms with van der Waals surface area (Å²) in [6, 6.07) is 5.81. The van der Waals surface area contributed by atoms with Crippen molar-refractivity contribution in [1.29, 1.82) is 0 Å². The van der Waals surface area contributed by atoms with Gasteiger partial charge in [-0.3, -0.25) is 4.79 Å². The van der Waals surface area contributed by atoms with Crippen LogP contribution in [0.1, 0.15) is 12.8 Å². The number of carbonyl (C=O) groups is 1. The number of hydrogen-bond acceptors (Lipinski definition) is 4. The molecule has 2 heterocycles. The van der Waals surface area contributed by atoms with Gasteiger partial charge in [0.2, 0.25) is 0 Å². The highest BCUT2D eigenvalue weighted by molar-refractivity contribution is 5.77. The Hall–Kier alpha value is -1.66. The number of halogens is 1. The molecule has 3 rings (SSSR count). The first kappa shape index (κ1) is 15.2. The van der Waals surface area contributed by atoms with Gasteiger partial charge in [-0.1, -0.05) is 6.07 Å². The molecule has 2 fully saturated rings. The molecule has 0 spiro atoms. The van der Waals surface area contributed by atoms with E-state index in [9.17, 15) is 9.18 Å². The van der Waals surface area contributed by atoms with Crippen molar-refractivity contribution >= 4 is 5.91 Å². The minimum Gasteiger partial charge on any atom is -0.484 e. The topological polar surface area (TPSA) is 48.0 Å². The number of nitrogens with zero attached hydrogens (tertiary/aromatic N) is 1. The Labute approximate surface area is 128 Å². The van der Waals surface area contributed by atoms with Gasteiger partial charge >= 0.3 is 0 Å². The second-order valence-corrected chi connectivity index (χ2v) is 5.57. The molecule has 0 aliphatic carbocycles. The quantitative estimate of drug-likeness (QED) is 0.851. The fourth-order valence-electron chi connectivity index (χ4n) is 2.86. The predicted molar refractivity (Wildman–Crippen MR) is 76.9 cm³/mol. The van der Waals surface area contributed by atoms with Crippen molar-refractivity contribution in [1.82, 2.24) is 4.90 Å². The third-order valence-electron chi connectivity index (χ3n) is 4.08. The lowest BCUT2D eigenvalue weighted by Crippen LogP contribution is -2.43. The van der Waals surface area contributed by atoms with Crippen LogP contribution in [0.5, 0.6) is 5.75 Å². The molecule has 1 aromatic carbocycles. The number of carbonyl (C=O) groups excluding carboxylic acids is 1. The average Bonchev–Trinajstić information content (AvgIpc) is 3.07. The number of hydrogen-bond donors (Lipinski definition) is 0. The second kappa shape index (κ2) is 7.07. The minimum absolute atomic E-state index is 0.0649. The van der Waals surface area contributed by atoms with Crippen LogP contribution < -0.4 is 4.74 Å². The number of rotatable bonds is 4. The van der Waals surface area contributed by atoms with E-state index in [0.29, 0.717) is 38.0 Å². The molecule has 0 bridgehead atoms. The molecule has 1 aromatic rings. The maximum atomic E-state index is 13.0. The van der Waals surface area contributed by atoms with Gasteiger partial charge in [0, 0.05) is 25.1 Å². The highest BCUT2D eigenvalue weighted by atomic mass is 19.1. The fraction of sp³-hybridized carbons (Fsp3) is 0.562. The summed E-state index contributed by atoms with van der Waals surface area (Å²) in [6.45, 7) is 2.61. The van der Waals surface area contributed by atoms with Gasteiger partial charge in [-0.25, -0.2) is 4.39 Å². The summed E-state index contributed by atoms with van der Waals surface area (Å²) in [5, 5.41) is 0. The molecule has 6 heteroatoms. The van der Waals surface area contributed by atoms with Crippen molar-refractivity contribution in [3.8, 4) is 5.75 Å². The number of piperidine rings is 1. The summed E-state index contributed by atoms with van der Waals surface area (Å²) in [5.74, 6) is 0.282. The number of ether oxygens (including phenoxy) is 3. The smallest absolute Gasteiger partial charge is 0.260 e. The molecule has 0 radical (unpaired) electrons. The summed E-state index contributed by atoms with van der Waals surface area (Å²) < 4.78 is 29.4. The lowest BCUT2D eigenvalue weighted by molar-refractivity contribution is -0.138. The Morgan fingerprint density at radius 3 is 2.68 bits per heavy atom. The highest BCUT2D eigenvalue weighted by Gasteiger charge is 2.31. The molecule has 2 aliphatic rings. The van der Waals surface area contributed by atoms with Crippen LogP contribution in [0.2, 0.25) is 0 Å². The van der Waals surface area contributed by atoms with Crippen molar-refractivity contribution in [2.45, 2.75) is 19.1 Å². The van der Waals surface area contributed by atoms with Crippen LogP contribution >= 0.6 is 0 Å². The SMILES string of the molecule is O=C(COc1cccc(F)c1)N1CCC(C2OCCO2)CC1. The van der Waals surface area contributed by atoms with Crippen molar-refractivity contribution in [2.24, 2.45) is 5.92 Å². The molecule has 120 valence electrons. The van der Waals surface area contributed by atoms with Gasteiger partial charge in [-0.2, -0.15) is 0 Å². The first-order valence-corrected chi connectivity index (χ1v) is 7.62. The average molecular weight is 309 g/mol.